The molecule has 2 N–H and O–H groups in total. The Morgan fingerprint density at radius 1 is 1.26 bits per heavy atom. The van der Waals surface area contributed by atoms with Crippen molar-refractivity contribution in [2.75, 3.05) is 40.0 Å². The van der Waals surface area contributed by atoms with Crippen molar-refractivity contribution >= 4 is 11.6 Å². The molecule has 1 aromatic heterocycles. The summed E-state index contributed by atoms with van der Waals surface area (Å²) < 4.78 is 11.9. The van der Waals surface area contributed by atoms with E-state index in [1.807, 2.05) is 7.11 Å². The van der Waals surface area contributed by atoms with E-state index in [2.05, 4.69) is 80.2 Å². The van der Waals surface area contributed by atoms with Gasteiger partial charge in [0.05, 0.1) is 23.9 Å². The molecule has 216 valence electrons. The molecule has 0 amide bonds. The number of alkyl halides is 1. The Hall–Kier alpha value is -0.800. The molecule has 0 spiro atoms. The van der Waals surface area contributed by atoms with Gasteiger partial charge in [-0.1, -0.05) is 26.8 Å². The lowest BCUT2D eigenvalue weighted by Gasteiger charge is -2.52. The predicted molar refractivity (Wildman–Crippen MR) is 155 cm³/mol. The molecule has 1 aromatic rings. The van der Waals surface area contributed by atoms with Gasteiger partial charge in [-0.2, -0.15) is 0 Å². The molecule has 4 rings (SSSR count). The summed E-state index contributed by atoms with van der Waals surface area (Å²) in [5.41, 5.74) is 2.23. The van der Waals surface area contributed by atoms with Crippen LogP contribution in [0.5, 0.6) is 0 Å². The van der Waals surface area contributed by atoms with Crippen molar-refractivity contribution in [2.45, 2.75) is 109 Å². The Balaban J connectivity index is 1.64. The number of methoxy groups -OCH3 is 1. The zero-order chi connectivity index (χ0) is 27.4. The van der Waals surface area contributed by atoms with Crippen LogP contribution in [-0.4, -0.2) is 90.8 Å². The van der Waals surface area contributed by atoms with Crippen LogP contribution in [0.2, 0.25) is 0 Å². The third-order valence-corrected chi connectivity index (χ3v) is 10.1. The van der Waals surface area contributed by atoms with E-state index in [1.54, 1.807) is 0 Å². The van der Waals surface area contributed by atoms with Crippen molar-refractivity contribution in [3.05, 3.63) is 29.6 Å². The van der Waals surface area contributed by atoms with Gasteiger partial charge in [-0.25, -0.2) is 0 Å². The highest BCUT2D eigenvalue weighted by Gasteiger charge is 2.44. The smallest absolute Gasteiger partial charge is 0.0892 e. The fraction of sp³-hybridized carbons (Fsp3) is 0.833. The van der Waals surface area contributed by atoms with Gasteiger partial charge >= 0.3 is 0 Å². The predicted octanol–water partition coefficient (Wildman–Crippen LogP) is 4.33. The monoisotopic (exact) mass is 549 g/mol. The van der Waals surface area contributed by atoms with E-state index >= 15 is 0 Å². The Bertz CT molecular complexity index is 872. The number of nitrogens with zero attached hydrogens (tertiary/aromatic N) is 3. The van der Waals surface area contributed by atoms with Crippen molar-refractivity contribution < 1.29 is 9.47 Å². The topological polar surface area (TPSA) is 61.9 Å². The minimum atomic E-state index is -0.0449. The van der Waals surface area contributed by atoms with Gasteiger partial charge in [-0.3, -0.25) is 20.1 Å². The number of pyridine rings is 1. The lowest BCUT2D eigenvalue weighted by atomic mass is 9.75. The summed E-state index contributed by atoms with van der Waals surface area (Å²) in [7, 11) is 1.87. The molecule has 0 aromatic carbocycles. The van der Waals surface area contributed by atoms with Crippen LogP contribution in [-0.2, 0) is 14.9 Å². The minimum Gasteiger partial charge on any atom is -0.381 e. The molecule has 8 atom stereocenters. The first-order valence-electron chi connectivity index (χ1n) is 14.9. The van der Waals surface area contributed by atoms with Crippen LogP contribution in [0.1, 0.15) is 71.7 Å². The lowest BCUT2D eigenvalue weighted by Crippen LogP contribution is -2.67. The summed E-state index contributed by atoms with van der Waals surface area (Å²) in [6.07, 6.45) is 4.60. The van der Waals surface area contributed by atoms with E-state index in [0.717, 1.165) is 64.2 Å². The molecule has 0 radical (unpaired) electrons. The van der Waals surface area contributed by atoms with Crippen LogP contribution in [0, 0.1) is 18.8 Å². The van der Waals surface area contributed by atoms with Crippen LogP contribution in [0.15, 0.2) is 18.2 Å². The van der Waals surface area contributed by atoms with E-state index in [1.165, 1.54) is 5.69 Å². The summed E-state index contributed by atoms with van der Waals surface area (Å²) in [4.78, 5) is 10.2. The average molecular weight is 550 g/mol. The Morgan fingerprint density at radius 3 is 2.63 bits per heavy atom. The second kappa shape index (κ2) is 13.2. The fourth-order valence-corrected chi connectivity index (χ4v) is 7.74. The molecular formula is C30H52ClN5O2. The van der Waals surface area contributed by atoms with Crippen LogP contribution in [0.4, 0.5) is 0 Å². The van der Waals surface area contributed by atoms with Gasteiger partial charge in [-0.15, -0.1) is 11.6 Å². The summed E-state index contributed by atoms with van der Waals surface area (Å²) in [5.74, 6) is 0.917. The first-order chi connectivity index (χ1) is 18.2. The molecule has 38 heavy (non-hydrogen) atoms. The van der Waals surface area contributed by atoms with Crippen LogP contribution < -0.4 is 10.6 Å². The van der Waals surface area contributed by atoms with E-state index in [0.29, 0.717) is 23.9 Å². The van der Waals surface area contributed by atoms with E-state index < -0.39 is 0 Å². The maximum atomic E-state index is 7.13. The van der Waals surface area contributed by atoms with Gasteiger partial charge in [0.1, 0.15) is 0 Å². The zero-order valence-electron chi connectivity index (χ0n) is 24.8. The number of hydrogen-bond donors (Lipinski definition) is 2. The Labute approximate surface area is 236 Å². The van der Waals surface area contributed by atoms with Gasteiger partial charge in [0.15, 0.2) is 0 Å². The summed E-state index contributed by atoms with van der Waals surface area (Å²) in [6, 6.07) is 7.27. The Morgan fingerprint density at radius 2 is 2.00 bits per heavy atom. The summed E-state index contributed by atoms with van der Waals surface area (Å²) in [6.45, 7) is 17.9. The molecule has 4 heterocycles. The normalized spacial score (nSPS) is 35.3. The minimum absolute atomic E-state index is 0.0000757. The van der Waals surface area contributed by atoms with Gasteiger partial charge in [0, 0.05) is 75.3 Å². The van der Waals surface area contributed by atoms with Crippen molar-refractivity contribution in [1.29, 1.82) is 0 Å². The summed E-state index contributed by atoms with van der Waals surface area (Å²) in [5, 5.41) is 7.85. The highest BCUT2D eigenvalue weighted by atomic mass is 35.5. The second-order valence-corrected chi connectivity index (χ2v) is 12.8. The second-order valence-electron chi connectivity index (χ2n) is 12.3. The number of ether oxygens (including phenoxy) is 2. The van der Waals surface area contributed by atoms with E-state index in [-0.39, 0.29) is 29.4 Å². The van der Waals surface area contributed by atoms with Crippen molar-refractivity contribution in [1.82, 2.24) is 25.4 Å². The third kappa shape index (κ3) is 6.56. The molecule has 0 bridgehead atoms. The van der Waals surface area contributed by atoms with Crippen molar-refractivity contribution in [3.8, 4) is 0 Å². The third-order valence-electron chi connectivity index (χ3n) is 9.67. The molecule has 3 aliphatic rings. The number of piperidine rings is 1. The average Bonchev–Trinajstić information content (AvgIpc) is 2.90. The number of aryl methyl sites for hydroxylation is 1. The largest absolute Gasteiger partial charge is 0.381 e. The maximum absolute atomic E-state index is 7.13. The van der Waals surface area contributed by atoms with Crippen LogP contribution in [0.25, 0.3) is 0 Å². The van der Waals surface area contributed by atoms with Crippen LogP contribution in [0.3, 0.4) is 0 Å². The molecule has 3 saturated heterocycles. The molecule has 0 aliphatic carbocycles. The first-order valence-corrected chi connectivity index (χ1v) is 15.3. The van der Waals surface area contributed by atoms with E-state index in [9.17, 15) is 0 Å². The quantitative estimate of drug-likeness (QED) is 0.351. The highest BCUT2D eigenvalue weighted by molar-refractivity contribution is 6.20. The first kappa shape index (κ1) is 30.2. The van der Waals surface area contributed by atoms with Gasteiger partial charge in [-0.05, 0) is 64.0 Å². The fourth-order valence-electron chi connectivity index (χ4n) is 7.21. The molecule has 8 heteroatoms. The van der Waals surface area contributed by atoms with Gasteiger partial charge in [0.25, 0.3) is 0 Å². The maximum Gasteiger partial charge on any atom is 0.0892 e. The zero-order valence-corrected chi connectivity index (χ0v) is 25.5. The number of halogens is 1. The van der Waals surface area contributed by atoms with Gasteiger partial charge in [0.2, 0.25) is 0 Å². The van der Waals surface area contributed by atoms with E-state index in [4.69, 9.17) is 26.1 Å². The molecule has 7 nitrogen and oxygen atoms in total. The number of nitrogens with one attached hydrogen (secondary N) is 2. The SMILES string of the molecule is CCC(C)N1C(Cl)CC(N(CC2NCC(C)C(OC)C2C)CC2(c3cccc(C)n3)CCOCC2)NC1C. The molecule has 0 saturated carbocycles. The highest BCUT2D eigenvalue weighted by Crippen LogP contribution is 2.37. The molecular weight excluding hydrogens is 498 g/mol. The standard InChI is InChI=1S/C30H52ClN5O2/c1-8-22(4)36-24(6)34-28(16-27(36)31)35(18-25-23(5)29(37-7)20(2)17-32-25)19-30(12-14-38-15-13-30)26-11-9-10-21(3)33-26/h9-11,20,22-25,27-29,32,34H,8,12-19H2,1-7H3. The summed E-state index contributed by atoms with van der Waals surface area (Å²) >= 11 is 7.13. The van der Waals surface area contributed by atoms with Crippen LogP contribution >= 0.6 is 11.6 Å². The molecule has 3 aliphatic heterocycles. The number of aromatic nitrogens is 1. The van der Waals surface area contributed by atoms with Gasteiger partial charge < -0.3 is 14.8 Å². The molecule has 3 fully saturated rings. The molecule has 8 unspecified atom stereocenters. The lowest BCUT2D eigenvalue weighted by molar-refractivity contribution is -0.0470. The number of rotatable bonds is 9. The van der Waals surface area contributed by atoms with Crippen molar-refractivity contribution in [2.24, 2.45) is 11.8 Å². The Kier molecular flexibility index (Phi) is 10.5. The number of hydrogen-bond acceptors (Lipinski definition) is 7. The van der Waals surface area contributed by atoms with Crippen molar-refractivity contribution in [3.63, 3.8) is 0 Å².